The molecule has 0 spiro atoms. The summed E-state index contributed by atoms with van der Waals surface area (Å²) in [6.07, 6.45) is -2.67. The first kappa shape index (κ1) is 13.7. The monoisotopic (exact) mass is 260 g/mol. The number of nitriles is 1. The van der Waals surface area contributed by atoms with Gasteiger partial charge in [-0.1, -0.05) is 0 Å². The number of hydrogen-bond acceptors (Lipinski definition) is 5. The highest BCUT2D eigenvalue weighted by Gasteiger charge is 2.32. The van der Waals surface area contributed by atoms with Crippen LogP contribution in [0.2, 0.25) is 0 Å². The third kappa shape index (κ3) is 4.25. The van der Waals surface area contributed by atoms with E-state index in [-0.39, 0.29) is 11.5 Å². The van der Waals surface area contributed by atoms with Crippen LogP contribution in [0.5, 0.6) is 0 Å². The maximum absolute atomic E-state index is 12.3. The van der Waals surface area contributed by atoms with Gasteiger partial charge in [-0.15, -0.1) is 0 Å². The fraction of sp³-hybridized carbons (Fsp3) is 0.333. The number of carboxylic acids is 1. The maximum Gasteiger partial charge on any atom is 0.405 e. The van der Waals surface area contributed by atoms with Gasteiger partial charge in [-0.25, -0.2) is 9.97 Å². The van der Waals surface area contributed by atoms with Gasteiger partial charge in [-0.05, 0) is 0 Å². The summed E-state index contributed by atoms with van der Waals surface area (Å²) in [6.45, 7) is -2.32. The van der Waals surface area contributed by atoms with Crippen LogP contribution in [0, 0.1) is 11.3 Å². The van der Waals surface area contributed by atoms with Crippen LogP contribution < -0.4 is 4.90 Å². The number of aromatic nitrogens is 2. The van der Waals surface area contributed by atoms with Crippen molar-refractivity contribution in [2.45, 2.75) is 6.18 Å². The topological polar surface area (TPSA) is 90.1 Å². The normalized spacial score (nSPS) is 10.8. The summed E-state index contributed by atoms with van der Waals surface area (Å²) in [4.78, 5) is 18.1. The van der Waals surface area contributed by atoms with E-state index in [1.807, 2.05) is 0 Å². The van der Waals surface area contributed by atoms with Crippen LogP contribution in [-0.2, 0) is 4.79 Å². The molecule has 1 aromatic rings. The molecule has 9 heteroatoms. The predicted molar refractivity (Wildman–Crippen MR) is 52.7 cm³/mol. The van der Waals surface area contributed by atoms with Crippen molar-refractivity contribution in [2.24, 2.45) is 0 Å². The molecule has 0 fully saturated rings. The average Bonchev–Trinajstić information content (AvgIpc) is 2.26. The molecular formula is C9H7F3N4O2. The largest absolute Gasteiger partial charge is 0.480 e. The third-order valence-corrected chi connectivity index (χ3v) is 1.77. The molecule has 6 nitrogen and oxygen atoms in total. The summed E-state index contributed by atoms with van der Waals surface area (Å²) in [5.41, 5.74) is -0.0685. The van der Waals surface area contributed by atoms with Gasteiger partial charge in [-0.3, -0.25) is 4.79 Å². The van der Waals surface area contributed by atoms with E-state index in [4.69, 9.17) is 10.4 Å². The molecule has 0 atom stereocenters. The lowest BCUT2D eigenvalue weighted by atomic mass is 10.4. The number of halogens is 3. The molecule has 0 saturated heterocycles. The van der Waals surface area contributed by atoms with Crippen LogP contribution in [0.4, 0.5) is 19.0 Å². The Hall–Kier alpha value is -2.37. The molecule has 0 amide bonds. The third-order valence-electron chi connectivity index (χ3n) is 1.77. The Morgan fingerprint density at radius 1 is 1.44 bits per heavy atom. The van der Waals surface area contributed by atoms with Gasteiger partial charge in [0.2, 0.25) is 0 Å². The van der Waals surface area contributed by atoms with Crippen molar-refractivity contribution < 1.29 is 23.1 Å². The van der Waals surface area contributed by atoms with Crippen LogP contribution in [0.15, 0.2) is 12.4 Å². The number of carboxylic acid groups (broad SMARTS) is 1. The second-order valence-corrected chi connectivity index (χ2v) is 3.24. The van der Waals surface area contributed by atoms with Crippen molar-refractivity contribution in [3.63, 3.8) is 0 Å². The molecule has 0 aliphatic rings. The van der Waals surface area contributed by atoms with E-state index in [0.717, 1.165) is 12.4 Å². The van der Waals surface area contributed by atoms with Crippen molar-refractivity contribution in [3.05, 3.63) is 18.1 Å². The molecule has 18 heavy (non-hydrogen) atoms. The highest BCUT2D eigenvalue weighted by Crippen LogP contribution is 2.19. The van der Waals surface area contributed by atoms with Gasteiger partial charge in [0.25, 0.3) is 0 Å². The standard InChI is InChI=1S/C9H7F3N4O2/c10-9(11,12)5-16(4-8(17)18)7-3-14-6(1-13)2-15-7/h2-3H,4-5H2,(H,17,18). The number of anilines is 1. The number of alkyl halides is 3. The van der Waals surface area contributed by atoms with Crippen LogP contribution in [0.3, 0.4) is 0 Å². The summed E-state index contributed by atoms with van der Waals surface area (Å²) in [5.74, 6) is -1.68. The fourth-order valence-electron chi connectivity index (χ4n) is 1.14. The first-order valence-electron chi connectivity index (χ1n) is 4.57. The minimum Gasteiger partial charge on any atom is -0.480 e. The van der Waals surface area contributed by atoms with Crippen molar-refractivity contribution in [3.8, 4) is 6.07 Å². The van der Waals surface area contributed by atoms with Gasteiger partial charge in [0.1, 0.15) is 25.0 Å². The van der Waals surface area contributed by atoms with Crippen molar-refractivity contribution in [2.75, 3.05) is 18.0 Å². The van der Waals surface area contributed by atoms with Gasteiger partial charge < -0.3 is 10.0 Å². The Morgan fingerprint density at radius 3 is 2.50 bits per heavy atom. The van der Waals surface area contributed by atoms with Gasteiger partial charge in [0.05, 0.1) is 12.4 Å². The molecule has 0 aromatic carbocycles. The molecule has 0 aliphatic heterocycles. The molecule has 96 valence electrons. The smallest absolute Gasteiger partial charge is 0.405 e. The minimum atomic E-state index is -4.56. The Balaban J connectivity index is 2.94. The van der Waals surface area contributed by atoms with Gasteiger partial charge in [0.15, 0.2) is 5.69 Å². The maximum atomic E-state index is 12.3. The first-order valence-corrected chi connectivity index (χ1v) is 4.57. The zero-order chi connectivity index (χ0) is 13.8. The summed E-state index contributed by atoms with van der Waals surface area (Å²) < 4.78 is 36.8. The van der Waals surface area contributed by atoms with Crippen LogP contribution >= 0.6 is 0 Å². The molecule has 0 saturated carbocycles. The molecule has 1 N–H and O–H groups in total. The van der Waals surface area contributed by atoms with Gasteiger partial charge in [-0.2, -0.15) is 18.4 Å². The molecule has 1 heterocycles. The Morgan fingerprint density at radius 2 is 2.11 bits per heavy atom. The predicted octanol–water partition coefficient (Wildman–Crippen LogP) is 0.802. The lowest BCUT2D eigenvalue weighted by Crippen LogP contribution is -2.38. The quantitative estimate of drug-likeness (QED) is 0.861. The fourth-order valence-corrected chi connectivity index (χ4v) is 1.14. The summed E-state index contributed by atoms with van der Waals surface area (Å²) in [6, 6.07) is 1.65. The highest BCUT2D eigenvalue weighted by atomic mass is 19.4. The van der Waals surface area contributed by atoms with E-state index in [0.29, 0.717) is 4.90 Å². The highest BCUT2D eigenvalue weighted by molar-refractivity contribution is 5.73. The lowest BCUT2D eigenvalue weighted by molar-refractivity contribution is -0.136. The van der Waals surface area contributed by atoms with Crippen molar-refractivity contribution in [1.29, 1.82) is 5.26 Å². The van der Waals surface area contributed by atoms with Crippen molar-refractivity contribution >= 4 is 11.8 Å². The molecule has 1 rings (SSSR count). The lowest BCUT2D eigenvalue weighted by Gasteiger charge is -2.22. The van der Waals surface area contributed by atoms with E-state index in [1.54, 1.807) is 6.07 Å². The molecular weight excluding hydrogens is 253 g/mol. The molecule has 0 radical (unpaired) electrons. The van der Waals surface area contributed by atoms with Gasteiger partial charge in [0, 0.05) is 0 Å². The summed E-state index contributed by atoms with van der Waals surface area (Å²) in [7, 11) is 0. The number of nitrogens with zero attached hydrogens (tertiary/aromatic N) is 4. The summed E-state index contributed by atoms with van der Waals surface area (Å²) in [5, 5.41) is 17.0. The molecule has 0 unspecified atom stereocenters. The number of carbonyl (C=O) groups is 1. The van der Waals surface area contributed by atoms with Crippen LogP contribution in [-0.4, -0.2) is 40.3 Å². The Bertz CT molecular complexity index is 466. The first-order chi connectivity index (χ1) is 8.31. The minimum absolute atomic E-state index is 0.0685. The van der Waals surface area contributed by atoms with Gasteiger partial charge >= 0.3 is 12.1 Å². The van der Waals surface area contributed by atoms with Crippen LogP contribution in [0.1, 0.15) is 5.69 Å². The van der Waals surface area contributed by atoms with E-state index < -0.39 is 25.2 Å². The summed E-state index contributed by atoms with van der Waals surface area (Å²) >= 11 is 0. The van der Waals surface area contributed by atoms with E-state index in [9.17, 15) is 18.0 Å². The Labute approximate surface area is 99.3 Å². The van der Waals surface area contributed by atoms with E-state index in [2.05, 4.69) is 9.97 Å². The van der Waals surface area contributed by atoms with E-state index >= 15 is 0 Å². The number of aliphatic carboxylic acids is 1. The van der Waals surface area contributed by atoms with Crippen LogP contribution in [0.25, 0.3) is 0 Å². The van der Waals surface area contributed by atoms with E-state index in [1.165, 1.54) is 0 Å². The average molecular weight is 260 g/mol. The zero-order valence-electron chi connectivity index (χ0n) is 8.85. The molecule has 1 aromatic heterocycles. The Kier molecular flexibility index (Phi) is 4.04. The number of rotatable bonds is 4. The SMILES string of the molecule is N#Cc1cnc(N(CC(=O)O)CC(F)(F)F)cn1. The second kappa shape index (κ2) is 5.31. The zero-order valence-corrected chi connectivity index (χ0v) is 8.85. The second-order valence-electron chi connectivity index (χ2n) is 3.24. The molecule has 0 aliphatic carbocycles. The van der Waals surface area contributed by atoms with Crippen molar-refractivity contribution in [1.82, 2.24) is 9.97 Å². The number of hydrogen-bond donors (Lipinski definition) is 1. The molecule has 0 bridgehead atoms.